The first-order valence-electron chi connectivity index (χ1n) is 6.44. The summed E-state index contributed by atoms with van der Waals surface area (Å²) in [5.41, 5.74) is 0.232. The number of aliphatic hydroxyl groups excluding tert-OH is 1. The molecule has 0 spiro atoms. The summed E-state index contributed by atoms with van der Waals surface area (Å²) in [6.45, 7) is 0. The largest absolute Gasteiger partial charge is 0.494 e. The Bertz CT molecular complexity index is 464. The molecule has 19 heavy (non-hydrogen) atoms. The van der Waals surface area contributed by atoms with E-state index >= 15 is 0 Å². The number of amides is 1. The summed E-state index contributed by atoms with van der Waals surface area (Å²) in [4.78, 5) is 12.0. The molecule has 1 aliphatic rings. The third-order valence-corrected chi connectivity index (χ3v) is 3.46. The molecule has 2 atom stereocenters. The van der Waals surface area contributed by atoms with Gasteiger partial charge in [-0.05, 0) is 31.0 Å². The van der Waals surface area contributed by atoms with Crippen molar-refractivity contribution in [2.45, 2.75) is 37.8 Å². The summed E-state index contributed by atoms with van der Waals surface area (Å²) in [7, 11) is 1.37. The lowest BCUT2D eigenvalue weighted by Gasteiger charge is -2.28. The minimum Gasteiger partial charge on any atom is -0.494 e. The fourth-order valence-corrected chi connectivity index (χ4v) is 2.34. The van der Waals surface area contributed by atoms with Crippen LogP contribution in [0.3, 0.4) is 0 Å². The number of methoxy groups -OCH3 is 1. The van der Waals surface area contributed by atoms with E-state index in [9.17, 15) is 14.3 Å². The Balaban J connectivity index is 2.05. The van der Waals surface area contributed by atoms with Crippen LogP contribution in [0.15, 0.2) is 18.2 Å². The fourth-order valence-electron chi connectivity index (χ4n) is 2.34. The van der Waals surface area contributed by atoms with Gasteiger partial charge in [0.15, 0.2) is 11.6 Å². The molecule has 4 nitrogen and oxygen atoms in total. The molecule has 0 radical (unpaired) electrons. The molecule has 1 aliphatic carbocycles. The third-order valence-electron chi connectivity index (χ3n) is 3.46. The van der Waals surface area contributed by atoms with Crippen molar-refractivity contribution in [3.63, 3.8) is 0 Å². The van der Waals surface area contributed by atoms with Gasteiger partial charge >= 0.3 is 0 Å². The van der Waals surface area contributed by atoms with Crippen LogP contribution in [0, 0.1) is 5.82 Å². The summed E-state index contributed by atoms with van der Waals surface area (Å²) in [6, 6.07) is 3.82. The van der Waals surface area contributed by atoms with Crippen molar-refractivity contribution in [3.05, 3.63) is 29.6 Å². The molecule has 1 saturated carbocycles. The van der Waals surface area contributed by atoms with E-state index in [4.69, 9.17) is 4.74 Å². The van der Waals surface area contributed by atoms with E-state index in [0.29, 0.717) is 6.42 Å². The Hall–Kier alpha value is -1.62. The van der Waals surface area contributed by atoms with Crippen LogP contribution in [-0.2, 0) is 0 Å². The van der Waals surface area contributed by atoms with Gasteiger partial charge in [0.1, 0.15) is 0 Å². The Morgan fingerprint density at radius 3 is 2.79 bits per heavy atom. The SMILES string of the molecule is COc1ccc(C(=O)N[C@@H]2CCCC[C@H]2O)cc1F. The molecule has 1 fully saturated rings. The second kappa shape index (κ2) is 6.02. The normalized spacial score (nSPS) is 22.9. The topological polar surface area (TPSA) is 58.6 Å². The Kier molecular flexibility index (Phi) is 4.37. The number of ether oxygens (including phenoxy) is 1. The molecule has 1 amide bonds. The number of halogens is 1. The standard InChI is InChI=1S/C14H18FNO3/c1-19-13-7-6-9(8-10(13)15)14(18)16-11-4-2-3-5-12(11)17/h6-8,11-12,17H,2-5H2,1H3,(H,16,18)/t11-,12-/m1/s1. The van der Waals surface area contributed by atoms with Crippen molar-refractivity contribution in [1.29, 1.82) is 0 Å². The third kappa shape index (κ3) is 3.23. The smallest absolute Gasteiger partial charge is 0.251 e. The summed E-state index contributed by atoms with van der Waals surface area (Å²) >= 11 is 0. The highest BCUT2D eigenvalue weighted by atomic mass is 19.1. The Morgan fingerprint density at radius 1 is 1.42 bits per heavy atom. The zero-order chi connectivity index (χ0) is 13.8. The van der Waals surface area contributed by atoms with Gasteiger partial charge < -0.3 is 15.2 Å². The minimum absolute atomic E-state index is 0.106. The van der Waals surface area contributed by atoms with Gasteiger partial charge in [-0.15, -0.1) is 0 Å². The number of aliphatic hydroxyl groups is 1. The lowest BCUT2D eigenvalue weighted by atomic mass is 9.92. The molecule has 2 N–H and O–H groups in total. The molecule has 5 heteroatoms. The number of hydrogen-bond acceptors (Lipinski definition) is 3. The quantitative estimate of drug-likeness (QED) is 0.879. The highest BCUT2D eigenvalue weighted by Crippen LogP contribution is 2.20. The van der Waals surface area contributed by atoms with E-state index in [1.165, 1.54) is 19.2 Å². The number of rotatable bonds is 3. The number of nitrogens with one attached hydrogen (secondary N) is 1. The molecule has 0 aliphatic heterocycles. The molecule has 0 aromatic heterocycles. The second-order valence-corrected chi connectivity index (χ2v) is 4.78. The van der Waals surface area contributed by atoms with E-state index in [2.05, 4.69) is 5.32 Å². The van der Waals surface area contributed by atoms with Gasteiger partial charge in [0.2, 0.25) is 0 Å². The zero-order valence-corrected chi connectivity index (χ0v) is 10.9. The van der Waals surface area contributed by atoms with E-state index in [-0.39, 0.29) is 23.3 Å². The maximum absolute atomic E-state index is 13.5. The van der Waals surface area contributed by atoms with Crippen molar-refractivity contribution in [2.75, 3.05) is 7.11 Å². The van der Waals surface area contributed by atoms with Gasteiger partial charge in [-0.25, -0.2) is 4.39 Å². The zero-order valence-electron chi connectivity index (χ0n) is 10.9. The lowest BCUT2D eigenvalue weighted by molar-refractivity contribution is 0.0717. The predicted molar refractivity (Wildman–Crippen MR) is 68.7 cm³/mol. The van der Waals surface area contributed by atoms with Crippen molar-refractivity contribution in [1.82, 2.24) is 5.32 Å². The lowest BCUT2D eigenvalue weighted by Crippen LogP contribution is -2.45. The van der Waals surface area contributed by atoms with Crippen molar-refractivity contribution in [2.24, 2.45) is 0 Å². The van der Waals surface area contributed by atoms with E-state index in [0.717, 1.165) is 25.3 Å². The van der Waals surface area contributed by atoms with Crippen LogP contribution in [0.2, 0.25) is 0 Å². The van der Waals surface area contributed by atoms with Crippen LogP contribution in [0.1, 0.15) is 36.0 Å². The number of hydrogen-bond donors (Lipinski definition) is 2. The first kappa shape index (κ1) is 13.8. The average Bonchev–Trinajstić information content (AvgIpc) is 2.41. The molecule has 1 aromatic rings. The van der Waals surface area contributed by atoms with Gasteiger partial charge in [0.05, 0.1) is 19.3 Å². The maximum Gasteiger partial charge on any atom is 0.251 e. The van der Waals surface area contributed by atoms with Crippen molar-refractivity contribution in [3.8, 4) is 5.75 Å². The van der Waals surface area contributed by atoms with Gasteiger partial charge in [-0.2, -0.15) is 0 Å². The van der Waals surface area contributed by atoms with Crippen LogP contribution in [-0.4, -0.2) is 30.3 Å². The number of carbonyl (C=O) groups is 1. The summed E-state index contributed by atoms with van der Waals surface area (Å²) < 4.78 is 18.3. The predicted octanol–water partition coefficient (Wildman–Crippen LogP) is 1.87. The van der Waals surface area contributed by atoms with Crippen LogP contribution in [0.5, 0.6) is 5.75 Å². The van der Waals surface area contributed by atoms with Gasteiger partial charge in [0.25, 0.3) is 5.91 Å². The summed E-state index contributed by atoms with van der Waals surface area (Å²) in [5.74, 6) is -0.832. The van der Waals surface area contributed by atoms with E-state index in [1.807, 2.05) is 0 Å². The van der Waals surface area contributed by atoms with E-state index < -0.39 is 11.9 Å². The first-order valence-corrected chi connectivity index (χ1v) is 6.44. The van der Waals surface area contributed by atoms with Crippen LogP contribution >= 0.6 is 0 Å². The fraction of sp³-hybridized carbons (Fsp3) is 0.500. The van der Waals surface area contributed by atoms with Crippen LogP contribution in [0.4, 0.5) is 4.39 Å². The van der Waals surface area contributed by atoms with Crippen LogP contribution in [0.25, 0.3) is 0 Å². The molecule has 0 heterocycles. The van der Waals surface area contributed by atoms with Gasteiger partial charge in [-0.3, -0.25) is 4.79 Å². The van der Waals surface area contributed by atoms with Crippen molar-refractivity contribution < 1.29 is 19.0 Å². The average molecular weight is 267 g/mol. The molecule has 2 rings (SSSR count). The highest BCUT2D eigenvalue weighted by molar-refractivity contribution is 5.94. The van der Waals surface area contributed by atoms with E-state index in [1.54, 1.807) is 0 Å². The molecular weight excluding hydrogens is 249 g/mol. The van der Waals surface area contributed by atoms with Crippen molar-refractivity contribution >= 4 is 5.91 Å². The second-order valence-electron chi connectivity index (χ2n) is 4.78. The van der Waals surface area contributed by atoms with Crippen LogP contribution < -0.4 is 10.1 Å². The van der Waals surface area contributed by atoms with Gasteiger partial charge in [-0.1, -0.05) is 12.8 Å². The molecule has 1 aromatic carbocycles. The Labute approximate surface area is 111 Å². The van der Waals surface area contributed by atoms with Gasteiger partial charge in [0, 0.05) is 5.56 Å². The maximum atomic E-state index is 13.5. The highest BCUT2D eigenvalue weighted by Gasteiger charge is 2.25. The molecular formula is C14H18FNO3. The molecule has 0 saturated heterocycles. The summed E-state index contributed by atoms with van der Waals surface area (Å²) in [5, 5.41) is 12.5. The Morgan fingerprint density at radius 2 is 2.16 bits per heavy atom. The number of benzene rings is 1. The number of carbonyl (C=O) groups excluding carboxylic acids is 1. The molecule has 0 unspecified atom stereocenters. The summed E-state index contributed by atoms with van der Waals surface area (Å²) in [6.07, 6.45) is 2.90. The molecule has 0 bridgehead atoms. The minimum atomic E-state index is -0.570. The molecule has 104 valence electrons. The first-order chi connectivity index (χ1) is 9.11. The monoisotopic (exact) mass is 267 g/mol.